The number of carboxylic acid groups (broad SMARTS) is 1. The number of hydrogen-bond acceptors (Lipinski definition) is 2. The first-order valence-electron chi connectivity index (χ1n) is 6.26. The summed E-state index contributed by atoms with van der Waals surface area (Å²) in [4.78, 5) is 10.6. The van der Waals surface area contributed by atoms with E-state index in [-0.39, 0.29) is 11.8 Å². The Bertz CT molecular complexity index is 396. The van der Waals surface area contributed by atoms with E-state index in [1.54, 1.807) is 7.11 Å². The van der Waals surface area contributed by atoms with Crippen molar-refractivity contribution in [1.82, 2.24) is 0 Å². The van der Waals surface area contributed by atoms with Crippen LogP contribution in [-0.2, 0) is 21.4 Å². The summed E-state index contributed by atoms with van der Waals surface area (Å²) in [5.41, 5.74) is 2.42. The number of ether oxygens (including phenoxy) is 1. The van der Waals surface area contributed by atoms with E-state index < -0.39 is 5.97 Å². The van der Waals surface area contributed by atoms with Gasteiger partial charge in [-0.1, -0.05) is 38.1 Å². The van der Waals surface area contributed by atoms with Crippen LogP contribution in [0.2, 0.25) is 0 Å². The summed E-state index contributed by atoms with van der Waals surface area (Å²) in [5.74, 6) is -0.733. The maximum absolute atomic E-state index is 10.6. The summed E-state index contributed by atoms with van der Waals surface area (Å²) in [7, 11) is 1.70. The highest BCUT2D eigenvalue weighted by Gasteiger charge is 2.22. The molecule has 0 spiro atoms. The molecule has 0 saturated carbocycles. The molecule has 0 aliphatic heterocycles. The number of benzene rings is 1. The van der Waals surface area contributed by atoms with Crippen molar-refractivity contribution >= 4 is 5.97 Å². The van der Waals surface area contributed by atoms with E-state index in [1.807, 2.05) is 12.1 Å². The van der Waals surface area contributed by atoms with Gasteiger partial charge in [0.1, 0.15) is 0 Å². The van der Waals surface area contributed by atoms with Gasteiger partial charge in [-0.15, -0.1) is 0 Å². The van der Waals surface area contributed by atoms with Crippen molar-refractivity contribution in [2.24, 2.45) is 0 Å². The van der Waals surface area contributed by atoms with Gasteiger partial charge in [-0.2, -0.15) is 0 Å². The van der Waals surface area contributed by atoms with Crippen LogP contribution in [0.15, 0.2) is 24.3 Å². The zero-order valence-corrected chi connectivity index (χ0v) is 11.4. The second kappa shape index (κ2) is 6.55. The maximum atomic E-state index is 10.6. The first-order valence-corrected chi connectivity index (χ1v) is 6.26. The molecule has 1 aromatic carbocycles. The third-order valence-corrected chi connectivity index (χ3v) is 3.09. The van der Waals surface area contributed by atoms with Crippen LogP contribution in [0.25, 0.3) is 0 Å². The monoisotopic (exact) mass is 250 g/mol. The fourth-order valence-electron chi connectivity index (χ4n) is 2.27. The molecule has 0 atom stereocenters. The number of aliphatic carboxylic acids is 1. The number of hydrogen-bond donors (Lipinski definition) is 1. The fraction of sp³-hybridized carbons (Fsp3) is 0.533. The Morgan fingerprint density at radius 2 is 2.00 bits per heavy atom. The van der Waals surface area contributed by atoms with Crippen LogP contribution in [0.3, 0.4) is 0 Å². The third-order valence-electron chi connectivity index (χ3n) is 3.09. The summed E-state index contributed by atoms with van der Waals surface area (Å²) in [6.45, 7) is 4.95. The Kier molecular flexibility index (Phi) is 5.35. The molecule has 1 aromatic rings. The molecule has 0 radical (unpaired) electrons. The second-order valence-corrected chi connectivity index (χ2v) is 5.22. The van der Waals surface area contributed by atoms with Crippen molar-refractivity contribution in [3.05, 3.63) is 35.4 Å². The van der Waals surface area contributed by atoms with Crippen molar-refractivity contribution in [3.63, 3.8) is 0 Å². The standard InChI is InChI=1S/C15H22O3/c1-15(2,11-18-3)13-9-5-4-7-12(13)8-6-10-14(16)17/h4-5,7,9H,6,8,10-11H2,1-3H3,(H,16,17). The quantitative estimate of drug-likeness (QED) is 0.809. The van der Waals surface area contributed by atoms with Crippen molar-refractivity contribution in [1.29, 1.82) is 0 Å². The lowest BCUT2D eigenvalue weighted by Gasteiger charge is -2.27. The number of carbonyl (C=O) groups is 1. The molecule has 3 nitrogen and oxygen atoms in total. The van der Waals surface area contributed by atoms with Crippen LogP contribution in [0.5, 0.6) is 0 Å². The normalized spacial score (nSPS) is 11.5. The van der Waals surface area contributed by atoms with Crippen molar-refractivity contribution in [3.8, 4) is 0 Å². The van der Waals surface area contributed by atoms with Gasteiger partial charge in [-0.05, 0) is 24.0 Å². The van der Waals surface area contributed by atoms with Crippen molar-refractivity contribution in [2.45, 2.75) is 38.5 Å². The maximum Gasteiger partial charge on any atom is 0.303 e. The number of carboxylic acids is 1. The number of methoxy groups -OCH3 is 1. The van der Waals surface area contributed by atoms with E-state index in [9.17, 15) is 4.79 Å². The number of aryl methyl sites for hydroxylation is 1. The first-order chi connectivity index (χ1) is 8.47. The van der Waals surface area contributed by atoms with E-state index >= 15 is 0 Å². The minimum Gasteiger partial charge on any atom is -0.481 e. The summed E-state index contributed by atoms with van der Waals surface area (Å²) in [6, 6.07) is 8.21. The molecule has 0 aliphatic carbocycles. The molecular formula is C15H22O3. The van der Waals surface area contributed by atoms with E-state index in [1.165, 1.54) is 11.1 Å². The van der Waals surface area contributed by atoms with E-state index in [2.05, 4.69) is 26.0 Å². The van der Waals surface area contributed by atoms with Crippen LogP contribution in [0.1, 0.15) is 37.8 Å². The molecular weight excluding hydrogens is 228 g/mol. The van der Waals surface area contributed by atoms with Gasteiger partial charge in [-0.25, -0.2) is 0 Å². The van der Waals surface area contributed by atoms with Crippen LogP contribution in [-0.4, -0.2) is 24.8 Å². The largest absolute Gasteiger partial charge is 0.481 e. The van der Waals surface area contributed by atoms with Gasteiger partial charge in [0, 0.05) is 18.9 Å². The minimum absolute atomic E-state index is 0.0471. The molecule has 1 rings (SSSR count). The average Bonchev–Trinajstić information content (AvgIpc) is 2.29. The molecule has 0 bridgehead atoms. The average molecular weight is 250 g/mol. The Labute approximate surface area is 109 Å². The lowest BCUT2D eigenvalue weighted by atomic mass is 9.81. The van der Waals surface area contributed by atoms with Crippen LogP contribution >= 0.6 is 0 Å². The number of rotatable bonds is 7. The molecule has 0 fully saturated rings. The predicted octanol–water partition coefficient (Wildman–Crippen LogP) is 3.02. The Hall–Kier alpha value is -1.35. The Morgan fingerprint density at radius 3 is 2.61 bits per heavy atom. The molecule has 0 saturated heterocycles. The summed E-state index contributed by atoms with van der Waals surface area (Å²) in [6.07, 6.45) is 1.70. The summed E-state index contributed by atoms with van der Waals surface area (Å²) in [5, 5.41) is 8.68. The first kappa shape index (κ1) is 14.7. The molecule has 0 amide bonds. The van der Waals surface area contributed by atoms with Crippen molar-refractivity contribution < 1.29 is 14.6 Å². The van der Waals surface area contributed by atoms with Crippen molar-refractivity contribution in [2.75, 3.05) is 13.7 Å². The van der Waals surface area contributed by atoms with Crippen LogP contribution < -0.4 is 0 Å². The van der Waals surface area contributed by atoms with E-state index in [0.717, 1.165) is 6.42 Å². The van der Waals surface area contributed by atoms with Gasteiger partial charge in [0.25, 0.3) is 0 Å². The predicted molar refractivity (Wildman–Crippen MR) is 71.9 cm³/mol. The molecule has 0 heterocycles. The molecule has 0 aliphatic rings. The molecule has 100 valence electrons. The highest BCUT2D eigenvalue weighted by Crippen LogP contribution is 2.27. The van der Waals surface area contributed by atoms with Gasteiger partial charge in [0.15, 0.2) is 0 Å². The van der Waals surface area contributed by atoms with Crippen LogP contribution in [0.4, 0.5) is 0 Å². The molecule has 1 N–H and O–H groups in total. The molecule has 3 heteroatoms. The summed E-state index contributed by atoms with van der Waals surface area (Å²) >= 11 is 0. The summed E-state index contributed by atoms with van der Waals surface area (Å²) < 4.78 is 5.26. The molecule has 0 aromatic heterocycles. The van der Waals surface area contributed by atoms with E-state index in [0.29, 0.717) is 13.0 Å². The van der Waals surface area contributed by atoms with Crippen LogP contribution in [0, 0.1) is 0 Å². The van der Waals surface area contributed by atoms with Gasteiger partial charge < -0.3 is 9.84 Å². The molecule has 18 heavy (non-hydrogen) atoms. The zero-order valence-electron chi connectivity index (χ0n) is 11.4. The van der Waals surface area contributed by atoms with Gasteiger partial charge in [-0.3, -0.25) is 4.79 Å². The highest BCUT2D eigenvalue weighted by molar-refractivity contribution is 5.66. The molecule has 0 unspecified atom stereocenters. The smallest absolute Gasteiger partial charge is 0.303 e. The van der Waals surface area contributed by atoms with Gasteiger partial charge in [0.05, 0.1) is 6.61 Å². The fourth-order valence-corrected chi connectivity index (χ4v) is 2.27. The minimum atomic E-state index is -0.733. The van der Waals surface area contributed by atoms with E-state index in [4.69, 9.17) is 9.84 Å². The Balaban J connectivity index is 2.82. The Morgan fingerprint density at radius 1 is 1.33 bits per heavy atom. The SMILES string of the molecule is COCC(C)(C)c1ccccc1CCCC(=O)O. The zero-order chi connectivity index (χ0) is 13.6. The van der Waals surface area contributed by atoms with Gasteiger partial charge in [0.2, 0.25) is 0 Å². The lowest BCUT2D eigenvalue weighted by Crippen LogP contribution is -2.25. The lowest BCUT2D eigenvalue weighted by molar-refractivity contribution is -0.137. The second-order valence-electron chi connectivity index (χ2n) is 5.22. The highest BCUT2D eigenvalue weighted by atomic mass is 16.5. The topological polar surface area (TPSA) is 46.5 Å². The van der Waals surface area contributed by atoms with Gasteiger partial charge >= 0.3 is 5.97 Å². The third kappa shape index (κ3) is 4.15.